The molecule has 6 nitrogen and oxygen atoms in total. The van der Waals surface area contributed by atoms with Gasteiger partial charge in [0.05, 0.1) is 0 Å². The smallest absolute Gasteiger partial charge is 0.273 e. The number of hydrogen-bond donors (Lipinski definition) is 1. The summed E-state index contributed by atoms with van der Waals surface area (Å²) < 4.78 is 11.0. The summed E-state index contributed by atoms with van der Waals surface area (Å²) in [6, 6.07) is 5.98. The number of rotatable bonds is 5. The molecule has 1 aromatic carbocycles. The lowest BCUT2D eigenvalue weighted by molar-refractivity contribution is 0.0859. The molecule has 1 amide bonds. The quantitative estimate of drug-likeness (QED) is 0.843. The van der Waals surface area contributed by atoms with Gasteiger partial charge in [0.15, 0.2) is 17.8 Å². The minimum absolute atomic E-state index is 0.152. The fraction of sp³-hybridized carbons (Fsp3) is 0.500. The maximum Gasteiger partial charge on any atom is 0.273 e. The third-order valence-electron chi connectivity index (χ3n) is 5.38. The summed E-state index contributed by atoms with van der Waals surface area (Å²) in [6.45, 7) is 5.28. The molecular formula is C20H24ClN3O3. The molecule has 144 valence electrons. The topological polar surface area (TPSA) is 67.6 Å². The van der Waals surface area contributed by atoms with Crippen LogP contribution in [0.2, 0.25) is 5.02 Å². The van der Waals surface area contributed by atoms with E-state index in [0.29, 0.717) is 30.5 Å². The molecule has 0 aliphatic carbocycles. The van der Waals surface area contributed by atoms with E-state index in [1.165, 1.54) is 17.6 Å². The van der Waals surface area contributed by atoms with Crippen molar-refractivity contribution < 1.29 is 13.9 Å². The van der Waals surface area contributed by atoms with Gasteiger partial charge >= 0.3 is 0 Å². The molecule has 1 aromatic heterocycles. The number of nitrogens with zero attached hydrogens (tertiary/aromatic N) is 2. The standard InChI is InChI=1S/C20H24ClN3O3/c1-13-4-5-15(21)9-16(13)24-7-6-14(11-24)10-22-20(25)18-19(27-12-23-18)17-3-2-8-26-17/h4-5,9,12,14,17H,2-3,6-8,10-11H2,1H3,(H,22,25)/t14-,17-/m0/s1. The molecule has 0 spiro atoms. The van der Waals surface area contributed by atoms with Gasteiger partial charge in [0.2, 0.25) is 0 Å². The van der Waals surface area contributed by atoms with Crippen LogP contribution < -0.4 is 10.2 Å². The number of carbonyl (C=O) groups excluding carboxylic acids is 1. The predicted octanol–water partition coefficient (Wildman–Crippen LogP) is 3.74. The van der Waals surface area contributed by atoms with Crippen molar-refractivity contribution in [3.05, 3.63) is 46.6 Å². The Balaban J connectivity index is 1.34. The van der Waals surface area contributed by atoms with Crippen LogP contribution >= 0.6 is 11.6 Å². The average molecular weight is 390 g/mol. The maximum atomic E-state index is 12.6. The van der Waals surface area contributed by atoms with Gasteiger partial charge in [0, 0.05) is 37.0 Å². The second kappa shape index (κ2) is 7.90. The third kappa shape index (κ3) is 3.96. The fourth-order valence-corrected chi connectivity index (χ4v) is 4.07. The van der Waals surface area contributed by atoms with E-state index >= 15 is 0 Å². The minimum Gasteiger partial charge on any atom is -0.445 e. The number of oxazole rings is 1. The number of nitrogens with one attached hydrogen (secondary N) is 1. The first-order chi connectivity index (χ1) is 13.1. The highest BCUT2D eigenvalue weighted by molar-refractivity contribution is 6.30. The SMILES string of the molecule is Cc1ccc(Cl)cc1N1CC[C@@H](CNC(=O)c2ncoc2[C@@H]2CCCO2)C1. The first kappa shape index (κ1) is 18.3. The molecule has 2 aliphatic rings. The van der Waals surface area contributed by atoms with Crippen LogP contribution in [-0.4, -0.2) is 37.1 Å². The Morgan fingerprint density at radius 1 is 1.41 bits per heavy atom. The fourth-order valence-electron chi connectivity index (χ4n) is 3.90. The van der Waals surface area contributed by atoms with Gasteiger partial charge in [-0.05, 0) is 49.8 Å². The number of anilines is 1. The summed E-state index contributed by atoms with van der Waals surface area (Å²) in [7, 11) is 0. The Bertz CT molecular complexity index is 817. The van der Waals surface area contributed by atoms with Gasteiger partial charge in [0.1, 0.15) is 6.10 Å². The molecule has 7 heteroatoms. The Kier molecular flexibility index (Phi) is 5.36. The normalized spacial score (nSPS) is 22.4. The molecule has 4 rings (SSSR count). The molecule has 27 heavy (non-hydrogen) atoms. The van der Waals surface area contributed by atoms with Crippen molar-refractivity contribution in [1.82, 2.24) is 10.3 Å². The number of aromatic nitrogens is 1. The second-order valence-corrected chi connectivity index (χ2v) is 7.74. The van der Waals surface area contributed by atoms with E-state index in [9.17, 15) is 4.79 Å². The van der Waals surface area contributed by atoms with Crippen LogP contribution in [0.1, 0.15) is 47.2 Å². The lowest BCUT2D eigenvalue weighted by Crippen LogP contribution is -2.32. The lowest BCUT2D eigenvalue weighted by atomic mass is 10.1. The molecule has 2 atom stereocenters. The van der Waals surface area contributed by atoms with Crippen molar-refractivity contribution in [3.8, 4) is 0 Å². The van der Waals surface area contributed by atoms with Crippen molar-refractivity contribution in [2.75, 3.05) is 31.1 Å². The number of hydrogen-bond acceptors (Lipinski definition) is 5. The molecule has 2 fully saturated rings. The highest BCUT2D eigenvalue weighted by Gasteiger charge is 2.29. The van der Waals surface area contributed by atoms with E-state index in [-0.39, 0.29) is 12.0 Å². The molecule has 1 N–H and O–H groups in total. The van der Waals surface area contributed by atoms with Crippen molar-refractivity contribution in [1.29, 1.82) is 0 Å². The summed E-state index contributed by atoms with van der Waals surface area (Å²) in [5.41, 5.74) is 2.74. The first-order valence-corrected chi connectivity index (χ1v) is 9.84. The van der Waals surface area contributed by atoms with E-state index in [0.717, 1.165) is 37.4 Å². The minimum atomic E-state index is -0.188. The van der Waals surface area contributed by atoms with Gasteiger partial charge in [-0.3, -0.25) is 4.79 Å². The maximum absolute atomic E-state index is 12.6. The summed E-state index contributed by atoms with van der Waals surface area (Å²) >= 11 is 6.15. The van der Waals surface area contributed by atoms with Gasteiger partial charge < -0.3 is 19.4 Å². The van der Waals surface area contributed by atoms with E-state index in [1.54, 1.807) is 0 Å². The molecule has 2 saturated heterocycles. The first-order valence-electron chi connectivity index (χ1n) is 9.46. The third-order valence-corrected chi connectivity index (χ3v) is 5.62. The zero-order valence-electron chi connectivity index (χ0n) is 15.4. The van der Waals surface area contributed by atoms with Crippen molar-refractivity contribution in [2.24, 2.45) is 5.92 Å². The number of carbonyl (C=O) groups is 1. The number of aryl methyl sites for hydroxylation is 1. The lowest BCUT2D eigenvalue weighted by Gasteiger charge is -2.21. The number of halogens is 1. The number of benzene rings is 1. The van der Waals surface area contributed by atoms with Crippen LogP contribution in [0.5, 0.6) is 0 Å². The van der Waals surface area contributed by atoms with E-state index < -0.39 is 0 Å². The van der Waals surface area contributed by atoms with Crippen molar-refractivity contribution in [2.45, 2.75) is 32.3 Å². The molecule has 2 aliphatic heterocycles. The van der Waals surface area contributed by atoms with Crippen LogP contribution in [0.4, 0.5) is 5.69 Å². The van der Waals surface area contributed by atoms with Gasteiger partial charge in [0.25, 0.3) is 5.91 Å². The van der Waals surface area contributed by atoms with Gasteiger partial charge in [-0.2, -0.15) is 0 Å². The van der Waals surface area contributed by atoms with Gasteiger partial charge in [-0.15, -0.1) is 0 Å². The second-order valence-electron chi connectivity index (χ2n) is 7.31. The molecular weight excluding hydrogens is 366 g/mol. The molecule has 3 heterocycles. The highest BCUT2D eigenvalue weighted by atomic mass is 35.5. The zero-order chi connectivity index (χ0) is 18.8. The summed E-state index contributed by atoms with van der Waals surface area (Å²) in [5, 5.41) is 3.77. The van der Waals surface area contributed by atoms with Crippen LogP contribution in [0.3, 0.4) is 0 Å². The van der Waals surface area contributed by atoms with Crippen molar-refractivity contribution >= 4 is 23.2 Å². The Morgan fingerprint density at radius 3 is 3.11 bits per heavy atom. The summed E-state index contributed by atoms with van der Waals surface area (Å²) in [4.78, 5) is 19.0. The molecule has 2 aromatic rings. The van der Waals surface area contributed by atoms with Crippen LogP contribution in [0.15, 0.2) is 29.0 Å². The number of ether oxygens (including phenoxy) is 1. The molecule has 0 radical (unpaired) electrons. The van der Waals surface area contributed by atoms with Crippen LogP contribution in [-0.2, 0) is 4.74 Å². The van der Waals surface area contributed by atoms with Crippen molar-refractivity contribution in [3.63, 3.8) is 0 Å². The van der Waals surface area contributed by atoms with E-state index in [1.807, 2.05) is 18.2 Å². The van der Waals surface area contributed by atoms with E-state index in [4.69, 9.17) is 20.8 Å². The van der Waals surface area contributed by atoms with Crippen LogP contribution in [0, 0.1) is 12.8 Å². The van der Waals surface area contributed by atoms with E-state index in [2.05, 4.69) is 22.1 Å². The Morgan fingerprint density at radius 2 is 2.30 bits per heavy atom. The molecule has 0 saturated carbocycles. The van der Waals surface area contributed by atoms with Gasteiger partial charge in [-0.25, -0.2) is 4.98 Å². The monoisotopic (exact) mass is 389 g/mol. The zero-order valence-corrected chi connectivity index (χ0v) is 16.2. The molecule has 0 bridgehead atoms. The Hall–Kier alpha value is -2.05. The largest absolute Gasteiger partial charge is 0.445 e. The van der Waals surface area contributed by atoms with Gasteiger partial charge in [-0.1, -0.05) is 17.7 Å². The predicted molar refractivity (Wildman–Crippen MR) is 103 cm³/mol. The molecule has 0 unspecified atom stereocenters. The number of amides is 1. The summed E-state index contributed by atoms with van der Waals surface area (Å²) in [6.07, 6.45) is 4.05. The Labute approximate surface area is 163 Å². The average Bonchev–Trinajstić information content (AvgIpc) is 3.41. The highest BCUT2D eigenvalue weighted by Crippen LogP contribution is 2.31. The summed E-state index contributed by atoms with van der Waals surface area (Å²) in [5.74, 6) is 0.754. The van der Waals surface area contributed by atoms with Crippen LogP contribution in [0.25, 0.3) is 0 Å².